The SMILES string of the molecule is COc1cc([C@H]2C(=C(O)c3ccc4c(c3)OCCO4)C(=O)C(=O)N2C[C@H]2CCCO2)ccc1OCCC(C)C. The van der Waals surface area contributed by atoms with Crippen molar-refractivity contribution in [3.8, 4) is 23.0 Å². The van der Waals surface area contributed by atoms with E-state index in [-0.39, 0.29) is 24.0 Å². The molecule has 3 heterocycles. The summed E-state index contributed by atoms with van der Waals surface area (Å²) in [6, 6.07) is 9.49. The summed E-state index contributed by atoms with van der Waals surface area (Å²) in [5.74, 6) is 0.885. The fourth-order valence-corrected chi connectivity index (χ4v) is 5.15. The molecule has 9 heteroatoms. The summed E-state index contributed by atoms with van der Waals surface area (Å²) in [5.41, 5.74) is 0.990. The van der Waals surface area contributed by atoms with Gasteiger partial charge in [-0.15, -0.1) is 0 Å². The number of hydrogen-bond donors (Lipinski definition) is 1. The maximum absolute atomic E-state index is 13.4. The zero-order valence-corrected chi connectivity index (χ0v) is 22.6. The first-order valence-corrected chi connectivity index (χ1v) is 13.5. The van der Waals surface area contributed by atoms with Crippen molar-refractivity contribution in [3.63, 3.8) is 0 Å². The Balaban J connectivity index is 1.56. The van der Waals surface area contributed by atoms with Gasteiger partial charge in [-0.3, -0.25) is 9.59 Å². The number of ketones is 1. The normalized spacial score (nSPS) is 22.0. The molecule has 9 nitrogen and oxygen atoms in total. The van der Waals surface area contributed by atoms with Crippen LogP contribution in [0.5, 0.6) is 23.0 Å². The van der Waals surface area contributed by atoms with Gasteiger partial charge in [0.05, 0.1) is 31.4 Å². The predicted octanol–water partition coefficient (Wildman–Crippen LogP) is 4.49. The number of fused-ring (bicyclic) bond motifs is 1. The molecule has 1 N–H and O–H groups in total. The van der Waals surface area contributed by atoms with E-state index in [9.17, 15) is 14.7 Å². The molecule has 1 amide bonds. The third-order valence-corrected chi connectivity index (χ3v) is 7.24. The zero-order chi connectivity index (χ0) is 27.5. The van der Waals surface area contributed by atoms with Crippen LogP contribution in [-0.2, 0) is 14.3 Å². The molecule has 5 rings (SSSR count). The Labute approximate surface area is 228 Å². The number of benzene rings is 2. The Bertz CT molecular complexity index is 1260. The van der Waals surface area contributed by atoms with E-state index < -0.39 is 17.7 Å². The van der Waals surface area contributed by atoms with Crippen molar-refractivity contribution in [2.45, 2.75) is 45.3 Å². The first-order chi connectivity index (χ1) is 18.9. The lowest BCUT2D eigenvalue weighted by Crippen LogP contribution is -2.36. The highest BCUT2D eigenvalue weighted by Gasteiger charge is 2.47. The van der Waals surface area contributed by atoms with Crippen LogP contribution in [0, 0.1) is 5.92 Å². The van der Waals surface area contributed by atoms with Gasteiger partial charge in [0.2, 0.25) is 0 Å². The van der Waals surface area contributed by atoms with Crippen LogP contribution in [0.4, 0.5) is 0 Å². The summed E-state index contributed by atoms with van der Waals surface area (Å²) in [6.07, 6.45) is 2.40. The second-order valence-corrected chi connectivity index (χ2v) is 10.4. The lowest BCUT2D eigenvalue weighted by molar-refractivity contribution is -0.140. The summed E-state index contributed by atoms with van der Waals surface area (Å²) < 4.78 is 28.6. The molecule has 3 aliphatic heterocycles. The molecule has 2 fully saturated rings. The van der Waals surface area contributed by atoms with Crippen LogP contribution in [0.25, 0.3) is 5.76 Å². The minimum Gasteiger partial charge on any atom is -0.507 e. The average Bonchev–Trinajstić information content (AvgIpc) is 3.55. The molecule has 2 aromatic carbocycles. The number of amides is 1. The number of carbonyl (C=O) groups excluding carboxylic acids is 2. The largest absolute Gasteiger partial charge is 0.507 e. The molecule has 2 saturated heterocycles. The first-order valence-electron chi connectivity index (χ1n) is 13.5. The van der Waals surface area contributed by atoms with E-state index >= 15 is 0 Å². The minimum atomic E-state index is -0.832. The summed E-state index contributed by atoms with van der Waals surface area (Å²) in [7, 11) is 1.55. The topological polar surface area (TPSA) is 104 Å². The smallest absolute Gasteiger partial charge is 0.295 e. The van der Waals surface area contributed by atoms with Crippen molar-refractivity contribution in [3.05, 3.63) is 53.1 Å². The van der Waals surface area contributed by atoms with Crippen LogP contribution in [0.3, 0.4) is 0 Å². The van der Waals surface area contributed by atoms with Crippen LogP contribution < -0.4 is 18.9 Å². The van der Waals surface area contributed by atoms with Gasteiger partial charge in [-0.1, -0.05) is 19.9 Å². The Kier molecular flexibility index (Phi) is 7.97. The lowest BCUT2D eigenvalue weighted by atomic mass is 9.94. The number of nitrogens with zero attached hydrogens (tertiary/aromatic N) is 1. The number of Topliss-reactive ketones (excluding diaryl/α,β-unsaturated/α-hetero) is 1. The second-order valence-electron chi connectivity index (χ2n) is 10.4. The van der Waals surface area contributed by atoms with Gasteiger partial charge in [-0.05, 0) is 61.1 Å². The molecule has 208 valence electrons. The lowest BCUT2D eigenvalue weighted by Gasteiger charge is -2.28. The number of carbonyl (C=O) groups is 2. The van der Waals surface area contributed by atoms with Gasteiger partial charge in [0.15, 0.2) is 23.0 Å². The number of likely N-dealkylation sites (tertiary alicyclic amines) is 1. The molecule has 2 aromatic rings. The van der Waals surface area contributed by atoms with Crippen LogP contribution in [-0.4, -0.2) is 67.9 Å². The summed E-state index contributed by atoms with van der Waals surface area (Å²) >= 11 is 0. The van der Waals surface area contributed by atoms with Gasteiger partial charge in [-0.25, -0.2) is 0 Å². The summed E-state index contributed by atoms with van der Waals surface area (Å²) in [6.45, 7) is 6.47. The third-order valence-electron chi connectivity index (χ3n) is 7.24. The maximum Gasteiger partial charge on any atom is 0.295 e. The van der Waals surface area contributed by atoms with Crippen LogP contribution >= 0.6 is 0 Å². The highest BCUT2D eigenvalue weighted by molar-refractivity contribution is 6.46. The molecule has 0 aromatic heterocycles. The number of ether oxygens (including phenoxy) is 5. The molecule has 0 radical (unpaired) electrons. The van der Waals surface area contributed by atoms with E-state index in [1.807, 2.05) is 6.07 Å². The zero-order valence-electron chi connectivity index (χ0n) is 22.6. The molecular weight excluding hydrogens is 502 g/mol. The molecular formula is C30H35NO8. The van der Waals surface area contributed by atoms with Crippen LogP contribution in [0.2, 0.25) is 0 Å². The molecule has 0 bridgehead atoms. The van der Waals surface area contributed by atoms with Gasteiger partial charge in [0, 0.05) is 18.7 Å². The van der Waals surface area contributed by atoms with E-state index in [2.05, 4.69) is 13.8 Å². The van der Waals surface area contributed by atoms with Gasteiger partial charge in [0.25, 0.3) is 11.7 Å². The number of rotatable bonds is 9. The maximum atomic E-state index is 13.4. The molecule has 39 heavy (non-hydrogen) atoms. The number of methoxy groups -OCH3 is 1. The van der Waals surface area contributed by atoms with Crippen molar-refractivity contribution in [2.24, 2.45) is 5.92 Å². The minimum absolute atomic E-state index is 0.00482. The van der Waals surface area contributed by atoms with Gasteiger partial charge >= 0.3 is 0 Å². The monoisotopic (exact) mass is 537 g/mol. The Morgan fingerprint density at radius 3 is 2.56 bits per heavy atom. The highest BCUT2D eigenvalue weighted by atomic mass is 16.6. The van der Waals surface area contributed by atoms with E-state index in [4.69, 9.17) is 23.7 Å². The first kappa shape index (κ1) is 26.9. The van der Waals surface area contributed by atoms with Crippen molar-refractivity contribution < 1.29 is 38.4 Å². The average molecular weight is 538 g/mol. The Morgan fingerprint density at radius 1 is 1.05 bits per heavy atom. The standard InChI is InChI=1S/C30H35NO8/c1-18(2)10-12-37-22-8-6-19(15-24(22)35-3)27-26(29(33)30(34)31(27)17-21-5-4-11-36-21)28(32)20-7-9-23-25(16-20)39-14-13-38-23/h6-9,15-16,18,21,27,32H,4-5,10-14,17H2,1-3H3/t21-,27+/m1/s1. The van der Waals surface area contributed by atoms with E-state index in [0.29, 0.717) is 66.5 Å². The molecule has 0 saturated carbocycles. The van der Waals surface area contributed by atoms with E-state index in [1.54, 1.807) is 37.4 Å². The molecule has 3 aliphatic rings. The number of aliphatic hydroxyl groups excluding tert-OH is 1. The molecule has 2 atom stereocenters. The van der Waals surface area contributed by atoms with E-state index in [1.165, 1.54) is 4.90 Å². The fourth-order valence-electron chi connectivity index (χ4n) is 5.15. The second kappa shape index (κ2) is 11.6. The number of aliphatic hydroxyl groups is 1. The molecule has 0 aliphatic carbocycles. The van der Waals surface area contributed by atoms with Crippen molar-refractivity contribution >= 4 is 17.4 Å². The van der Waals surface area contributed by atoms with Crippen molar-refractivity contribution in [1.29, 1.82) is 0 Å². The Morgan fingerprint density at radius 2 is 1.85 bits per heavy atom. The quantitative estimate of drug-likeness (QED) is 0.284. The van der Waals surface area contributed by atoms with Gasteiger partial charge in [-0.2, -0.15) is 0 Å². The van der Waals surface area contributed by atoms with E-state index in [0.717, 1.165) is 19.3 Å². The predicted molar refractivity (Wildman–Crippen MR) is 143 cm³/mol. The van der Waals surface area contributed by atoms with Crippen LogP contribution in [0.1, 0.15) is 50.3 Å². The third kappa shape index (κ3) is 5.54. The summed E-state index contributed by atoms with van der Waals surface area (Å²) in [4.78, 5) is 28.3. The fraction of sp³-hybridized carbons (Fsp3) is 0.467. The Hall–Kier alpha value is -3.72. The molecule has 0 spiro atoms. The van der Waals surface area contributed by atoms with Gasteiger partial charge < -0.3 is 33.7 Å². The molecule has 0 unspecified atom stereocenters. The highest BCUT2D eigenvalue weighted by Crippen LogP contribution is 2.43. The van der Waals surface area contributed by atoms with Crippen molar-refractivity contribution in [2.75, 3.05) is 40.1 Å². The van der Waals surface area contributed by atoms with Crippen LogP contribution in [0.15, 0.2) is 42.0 Å². The number of hydrogen-bond acceptors (Lipinski definition) is 8. The van der Waals surface area contributed by atoms with Gasteiger partial charge in [0.1, 0.15) is 19.0 Å². The summed E-state index contributed by atoms with van der Waals surface area (Å²) in [5, 5.41) is 11.5. The van der Waals surface area contributed by atoms with Crippen molar-refractivity contribution in [1.82, 2.24) is 4.90 Å².